The molecule has 9 heteroatoms. The zero-order valence-corrected chi connectivity index (χ0v) is 14.8. The summed E-state index contributed by atoms with van der Waals surface area (Å²) < 4.78 is 0. The first-order chi connectivity index (χ1) is 13.5. The molecule has 0 aromatic heterocycles. The highest BCUT2D eigenvalue weighted by molar-refractivity contribution is 5.98. The van der Waals surface area contributed by atoms with Gasteiger partial charge in [-0.05, 0) is 37.1 Å². The second-order valence-electron chi connectivity index (χ2n) is 6.25. The maximum absolute atomic E-state index is 12.7. The highest BCUT2D eigenvalue weighted by Gasteiger charge is 2.34. The number of aromatic hydroxyl groups is 1. The van der Waals surface area contributed by atoms with Crippen molar-refractivity contribution in [2.75, 3.05) is 6.54 Å². The molecular weight excluding hydrogens is 364 g/mol. The first kappa shape index (κ1) is 19.0. The van der Waals surface area contributed by atoms with Gasteiger partial charge in [0.1, 0.15) is 11.8 Å². The molecule has 3 rings (SSSR count). The number of rotatable bonds is 5. The number of non-ortho nitro benzene ring substituents is 1. The number of nitrogens with one attached hydrogen (secondary N) is 1. The van der Waals surface area contributed by atoms with Crippen LogP contribution < -0.4 is 5.43 Å². The van der Waals surface area contributed by atoms with Crippen molar-refractivity contribution in [3.05, 3.63) is 69.8 Å². The third-order valence-electron chi connectivity index (χ3n) is 4.46. The number of hydrogen-bond donors (Lipinski definition) is 2. The van der Waals surface area contributed by atoms with Gasteiger partial charge in [-0.25, -0.2) is 5.43 Å². The molecule has 1 saturated heterocycles. The minimum absolute atomic E-state index is 0.0383. The van der Waals surface area contributed by atoms with E-state index in [1.54, 1.807) is 18.2 Å². The quantitative estimate of drug-likeness (QED) is 0.465. The summed E-state index contributed by atoms with van der Waals surface area (Å²) in [5, 5.41) is 24.3. The Morgan fingerprint density at radius 1 is 1.21 bits per heavy atom. The summed E-state index contributed by atoms with van der Waals surface area (Å²) in [5.74, 6) is -0.756. The van der Waals surface area contributed by atoms with Crippen molar-refractivity contribution in [2.24, 2.45) is 5.10 Å². The second kappa shape index (κ2) is 8.30. The standard InChI is InChI=1S/C19H18N4O5/c24-17-6-2-1-4-14(17)12-20-21-18(25)16-5-3-11-22(16)19(26)13-7-9-15(10-8-13)23(27)28/h1-2,4,6-10,12,16,24H,3,5,11H2,(H,21,25)/b20-12+/t16-/m1/s1. The van der Waals surface area contributed by atoms with Crippen molar-refractivity contribution >= 4 is 23.7 Å². The Balaban J connectivity index is 1.66. The van der Waals surface area contributed by atoms with Crippen LogP contribution in [0.25, 0.3) is 0 Å². The van der Waals surface area contributed by atoms with Gasteiger partial charge in [-0.15, -0.1) is 0 Å². The fraction of sp³-hybridized carbons (Fsp3) is 0.211. The number of phenolic OH excluding ortho intramolecular Hbond substituents is 1. The minimum atomic E-state index is -0.677. The van der Waals surface area contributed by atoms with Gasteiger partial charge in [-0.1, -0.05) is 12.1 Å². The number of phenols is 1. The van der Waals surface area contributed by atoms with Crippen LogP contribution in [-0.2, 0) is 4.79 Å². The summed E-state index contributed by atoms with van der Waals surface area (Å²) in [7, 11) is 0. The summed E-state index contributed by atoms with van der Waals surface area (Å²) in [6.07, 6.45) is 2.49. The highest BCUT2D eigenvalue weighted by atomic mass is 16.6. The lowest BCUT2D eigenvalue weighted by Gasteiger charge is -2.23. The molecule has 2 amide bonds. The molecule has 28 heavy (non-hydrogen) atoms. The highest BCUT2D eigenvalue weighted by Crippen LogP contribution is 2.22. The van der Waals surface area contributed by atoms with E-state index in [4.69, 9.17) is 0 Å². The molecule has 1 aliphatic rings. The van der Waals surface area contributed by atoms with Gasteiger partial charge in [0.05, 0.1) is 11.1 Å². The van der Waals surface area contributed by atoms with E-state index in [-0.39, 0.29) is 22.9 Å². The molecule has 0 unspecified atom stereocenters. The van der Waals surface area contributed by atoms with Crippen molar-refractivity contribution in [2.45, 2.75) is 18.9 Å². The fourth-order valence-electron chi connectivity index (χ4n) is 3.01. The van der Waals surface area contributed by atoms with Crippen LogP contribution in [0.1, 0.15) is 28.8 Å². The van der Waals surface area contributed by atoms with Gasteiger partial charge in [-0.2, -0.15) is 5.10 Å². The van der Waals surface area contributed by atoms with E-state index in [0.29, 0.717) is 24.9 Å². The molecule has 0 spiro atoms. The summed E-state index contributed by atoms with van der Waals surface area (Å²) in [5.41, 5.74) is 3.02. The molecule has 2 aromatic carbocycles. The van der Waals surface area contributed by atoms with E-state index in [9.17, 15) is 24.8 Å². The predicted octanol–water partition coefficient (Wildman–Crippen LogP) is 2.06. The maximum atomic E-state index is 12.7. The van der Waals surface area contributed by atoms with Crippen molar-refractivity contribution in [3.8, 4) is 5.75 Å². The zero-order chi connectivity index (χ0) is 20.1. The molecule has 144 valence electrons. The van der Waals surface area contributed by atoms with Crippen LogP contribution in [0.4, 0.5) is 5.69 Å². The molecule has 1 aliphatic heterocycles. The Morgan fingerprint density at radius 3 is 2.61 bits per heavy atom. The Bertz CT molecular complexity index is 926. The first-order valence-corrected chi connectivity index (χ1v) is 8.63. The number of benzene rings is 2. The third kappa shape index (κ3) is 4.14. The zero-order valence-electron chi connectivity index (χ0n) is 14.8. The third-order valence-corrected chi connectivity index (χ3v) is 4.46. The van der Waals surface area contributed by atoms with Crippen molar-refractivity contribution < 1.29 is 19.6 Å². The average molecular weight is 382 g/mol. The number of nitrogens with zero attached hydrogens (tertiary/aromatic N) is 3. The number of amides is 2. The lowest BCUT2D eigenvalue weighted by Crippen LogP contribution is -2.44. The van der Waals surface area contributed by atoms with Crippen molar-refractivity contribution in [1.82, 2.24) is 10.3 Å². The Hall–Kier alpha value is -3.75. The van der Waals surface area contributed by atoms with E-state index in [2.05, 4.69) is 10.5 Å². The monoisotopic (exact) mass is 382 g/mol. The Labute approximate surface area is 160 Å². The number of hydrazone groups is 1. The Kier molecular flexibility index (Phi) is 5.64. The van der Waals surface area contributed by atoms with Crippen LogP contribution >= 0.6 is 0 Å². The van der Waals surface area contributed by atoms with E-state index >= 15 is 0 Å². The summed E-state index contributed by atoms with van der Waals surface area (Å²) in [6, 6.07) is 11.1. The van der Waals surface area contributed by atoms with Gasteiger partial charge >= 0.3 is 0 Å². The number of para-hydroxylation sites is 1. The predicted molar refractivity (Wildman–Crippen MR) is 101 cm³/mol. The number of nitro benzene ring substituents is 1. The van der Waals surface area contributed by atoms with E-state index in [0.717, 1.165) is 0 Å². The van der Waals surface area contributed by atoms with Crippen molar-refractivity contribution in [1.29, 1.82) is 0 Å². The molecule has 9 nitrogen and oxygen atoms in total. The molecule has 0 radical (unpaired) electrons. The Morgan fingerprint density at radius 2 is 1.93 bits per heavy atom. The molecule has 0 aliphatic carbocycles. The van der Waals surface area contributed by atoms with Crippen LogP contribution in [0.15, 0.2) is 53.6 Å². The van der Waals surface area contributed by atoms with Gasteiger partial charge in [0.2, 0.25) is 0 Å². The van der Waals surface area contributed by atoms with Crippen LogP contribution in [0.5, 0.6) is 5.75 Å². The normalized spacial score (nSPS) is 16.3. The summed E-state index contributed by atoms with van der Waals surface area (Å²) >= 11 is 0. The number of carbonyl (C=O) groups excluding carboxylic acids is 2. The van der Waals surface area contributed by atoms with Crippen LogP contribution in [0.2, 0.25) is 0 Å². The van der Waals surface area contributed by atoms with Gasteiger partial charge in [-0.3, -0.25) is 19.7 Å². The number of likely N-dealkylation sites (tertiary alicyclic amines) is 1. The summed E-state index contributed by atoms with van der Waals surface area (Å²) in [6.45, 7) is 0.414. The molecule has 2 N–H and O–H groups in total. The van der Waals surface area contributed by atoms with E-state index < -0.39 is 16.9 Å². The largest absolute Gasteiger partial charge is 0.507 e. The van der Waals surface area contributed by atoms with Gasteiger partial charge < -0.3 is 10.0 Å². The summed E-state index contributed by atoms with van der Waals surface area (Å²) in [4.78, 5) is 36.8. The first-order valence-electron chi connectivity index (χ1n) is 8.63. The molecule has 2 aromatic rings. The molecule has 0 bridgehead atoms. The van der Waals surface area contributed by atoms with Gasteiger partial charge in [0, 0.05) is 29.8 Å². The van der Waals surface area contributed by atoms with Crippen LogP contribution in [0.3, 0.4) is 0 Å². The van der Waals surface area contributed by atoms with Gasteiger partial charge in [0.25, 0.3) is 17.5 Å². The maximum Gasteiger partial charge on any atom is 0.269 e. The second-order valence-corrected chi connectivity index (χ2v) is 6.25. The smallest absolute Gasteiger partial charge is 0.269 e. The lowest BCUT2D eigenvalue weighted by atomic mass is 10.1. The van der Waals surface area contributed by atoms with E-state index in [1.807, 2.05) is 0 Å². The number of carbonyl (C=O) groups is 2. The fourth-order valence-corrected chi connectivity index (χ4v) is 3.01. The lowest BCUT2D eigenvalue weighted by molar-refractivity contribution is -0.384. The van der Waals surface area contributed by atoms with Gasteiger partial charge in [0.15, 0.2) is 0 Å². The molecule has 0 saturated carbocycles. The molecule has 1 heterocycles. The topological polar surface area (TPSA) is 125 Å². The van der Waals surface area contributed by atoms with E-state index in [1.165, 1.54) is 41.4 Å². The van der Waals surface area contributed by atoms with Crippen molar-refractivity contribution in [3.63, 3.8) is 0 Å². The number of hydrogen-bond acceptors (Lipinski definition) is 6. The molecule has 1 fully saturated rings. The molecular formula is C19H18N4O5. The minimum Gasteiger partial charge on any atom is -0.507 e. The average Bonchev–Trinajstić information content (AvgIpc) is 3.19. The SMILES string of the molecule is O=C(N/N=C/c1ccccc1O)[C@H]1CCCN1C(=O)c1ccc([N+](=O)[O-])cc1. The molecule has 1 atom stereocenters. The van der Waals surface area contributed by atoms with Crippen LogP contribution in [-0.4, -0.2) is 45.5 Å². The van der Waals surface area contributed by atoms with Crippen LogP contribution in [0, 0.1) is 10.1 Å². The number of nitro groups is 1.